The van der Waals surface area contributed by atoms with Gasteiger partial charge in [-0.05, 0) is 61.5 Å². The summed E-state index contributed by atoms with van der Waals surface area (Å²) in [6, 6.07) is 22.3. The maximum Gasteiger partial charge on any atom is 0.265 e. The zero-order valence-corrected chi connectivity index (χ0v) is 24.0. The Morgan fingerprint density at radius 1 is 0.878 bits per heavy atom. The summed E-state index contributed by atoms with van der Waals surface area (Å²) in [5.41, 5.74) is 3.16. The minimum atomic E-state index is -4.01. The molecular formula is C29H27N3O7S2. The molecule has 1 aliphatic rings. The van der Waals surface area contributed by atoms with E-state index >= 15 is 0 Å². The molecule has 0 radical (unpaired) electrons. The number of benzene rings is 4. The first-order valence-electron chi connectivity index (χ1n) is 12.4. The second-order valence-electron chi connectivity index (χ2n) is 9.27. The van der Waals surface area contributed by atoms with E-state index in [4.69, 9.17) is 9.47 Å². The Labute approximate surface area is 238 Å². The van der Waals surface area contributed by atoms with Crippen LogP contribution in [0.3, 0.4) is 0 Å². The summed E-state index contributed by atoms with van der Waals surface area (Å²) in [6.07, 6.45) is 0. The topological polar surface area (TPSA) is 131 Å². The van der Waals surface area contributed by atoms with Gasteiger partial charge >= 0.3 is 0 Å². The second-order valence-corrected chi connectivity index (χ2v) is 12.8. The van der Waals surface area contributed by atoms with Gasteiger partial charge in [0.25, 0.3) is 20.0 Å². The summed E-state index contributed by atoms with van der Waals surface area (Å²) in [7, 11) is -5.12. The maximum atomic E-state index is 13.5. The van der Waals surface area contributed by atoms with Gasteiger partial charge in [-0.25, -0.2) is 16.8 Å². The summed E-state index contributed by atoms with van der Waals surface area (Å²) in [4.78, 5) is 13.1. The predicted octanol–water partition coefficient (Wildman–Crippen LogP) is 4.63. The van der Waals surface area contributed by atoms with Crippen LogP contribution in [-0.2, 0) is 24.8 Å². The summed E-state index contributed by atoms with van der Waals surface area (Å²) >= 11 is 0. The van der Waals surface area contributed by atoms with Gasteiger partial charge in [0.15, 0.2) is 0 Å². The Morgan fingerprint density at radius 2 is 1.61 bits per heavy atom. The van der Waals surface area contributed by atoms with Gasteiger partial charge in [-0.2, -0.15) is 0 Å². The first-order chi connectivity index (χ1) is 19.5. The van der Waals surface area contributed by atoms with Crippen molar-refractivity contribution in [1.29, 1.82) is 0 Å². The molecule has 1 amide bonds. The number of amides is 1. The third-order valence-corrected chi connectivity index (χ3v) is 9.75. The molecule has 41 heavy (non-hydrogen) atoms. The molecule has 4 aromatic rings. The number of nitrogens with zero attached hydrogens (tertiary/aromatic N) is 1. The van der Waals surface area contributed by atoms with Crippen LogP contribution in [0.25, 0.3) is 11.1 Å². The van der Waals surface area contributed by atoms with Gasteiger partial charge in [0.1, 0.15) is 18.0 Å². The molecule has 0 fully saturated rings. The third-order valence-electron chi connectivity index (χ3n) is 6.55. The van der Waals surface area contributed by atoms with Gasteiger partial charge in [0.05, 0.1) is 35.4 Å². The molecule has 212 valence electrons. The number of hydrogen-bond acceptors (Lipinski definition) is 7. The van der Waals surface area contributed by atoms with Gasteiger partial charge in [-0.1, -0.05) is 29.8 Å². The van der Waals surface area contributed by atoms with Crippen LogP contribution in [0.4, 0.5) is 17.1 Å². The van der Waals surface area contributed by atoms with Crippen molar-refractivity contribution in [3.05, 3.63) is 90.5 Å². The first kappa shape index (κ1) is 28.0. The molecule has 0 saturated carbocycles. The van der Waals surface area contributed by atoms with Crippen molar-refractivity contribution in [2.45, 2.75) is 16.7 Å². The number of carbonyl (C=O) groups excluding carboxylic acids is 1. The molecule has 0 bridgehead atoms. The highest BCUT2D eigenvalue weighted by molar-refractivity contribution is 7.93. The summed E-state index contributed by atoms with van der Waals surface area (Å²) in [6.45, 7) is 1.44. The Bertz CT molecular complexity index is 1860. The zero-order valence-electron chi connectivity index (χ0n) is 22.4. The Hall–Kier alpha value is -4.55. The van der Waals surface area contributed by atoms with Gasteiger partial charge in [-0.15, -0.1) is 0 Å². The molecule has 0 atom stereocenters. The van der Waals surface area contributed by atoms with Crippen molar-refractivity contribution >= 4 is 43.0 Å². The monoisotopic (exact) mass is 593 g/mol. The minimum Gasteiger partial charge on any atom is -0.497 e. The van der Waals surface area contributed by atoms with Crippen LogP contribution in [0.1, 0.15) is 5.56 Å². The van der Waals surface area contributed by atoms with Crippen LogP contribution >= 0.6 is 0 Å². The SMILES string of the molecule is COc1ccc(OC)c(NS(=O)(=O)c2ccc(NC(=O)CN3c4ccc(C)cc4-c4ccccc4S3(=O)=O)cc2)c1. The lowest BCUT2D eigenvalue weighted by molar-refractivity contribution is -0.114. The molecule has 1 heterocycles. The van der Waals surface area contributed by atoms with Crippen LogP contribution in [0.2, 0.25) is 0 Å². The average molecular weight is 594 g/mol. The highest BCUT2D eigenvalue weighted by Crippen LogP contribution is 2.43. The quantitative estimate of drug-likeness (QED) is 0.305. The lowest BCUT2D eigenvalue weighted by atomic mass is 10.0. The van der Waals surface area contributed by atoms with E-state index in [-0.39, 0.29) is 15.5 Å². The fourth-order valence-electron chi connectivity index (χ4n) is 4.56. The zero-order chi connectivity index (χ0) is 29.4. The van der Waals surface area contributed by atoms with Crippen LogP contribution < -0.4 is 23.8 Å². The van der Waals surface area contributed by atoms with Crippen LogP contribution in [0, 0.1) is 6.92 Å². The van der Waals surface area contributed by atoms with Crippen molar-refractivity contribution in [3.63, 3.8) is 0 Å². The van der Waals surface area contributed by atoms with Crippen molar-refractivity contribution in [2.75, 3.05) is 35.1 Å². The van der Waals surface area contributed by atoms with Gasteiger partial charge in [-0.3, -0.25) is 13.8 Å². The molecule has 0 aliphatic carbocycles. The van der Waals surface area contributed by atoms with Crippen molar-refractivity contribution in [2.24, 2.45) is 0 Å². The van der Waals surface area contributed by atoms with E-state index in [1.54, 1.807) is 42.5 Å². The van der Waals surface area contributed by atoms with E-state index in [2.05, 4.69) is 10.0 Å². The van der Waals surface area contributed by atoms with E-state index in [9.17, 15) is 21.6 Å². The lowest BCUT2D eigenvalue weighted by Crippen LogP contribution is -2.40. The van der Waals surface area contributed by atoms with Gasteiger partial charge in [0.2, 0.25) is 5.91 Å². The molecule has 10 nitrogen and oxygen atoms in total. The first-order valence-corrected chi connectivity index (χ1v) is 15.3. The van der Waals surface area contributed by atoms with Gasteiger partial charge < -0.3 is 14.8 Å². The summed E-state index contributed by atoms with van der Waals surface area (Å²) in [5.74, 6) is 0.165. The third kappa shape index (κ3) is 5.43. The number of rotatable bonds is 8. The fraction of sp³-hybridized carbons (Fsp3) is 0.138. The molecule has 0 saturated heterocycles. The predicted molar refractivity (Wildman–Crippen MR) is 157 cm³/mol. The molecule has 5 rings (SSSR count). The number of methoxy groups -OCH3 is 2. The van der Waals surface area contributed by atoms with E-state index < -0.39 is 32.5 Å². The van der Waals surface area contributed by atoms with E-state index in [1.165, 1.54) is 50.6 Å². The van der Waals surface area contributed by atoms with Crippen LogP contribution in [0.15, 0.2) is 94.7 Å². The fourth-order valence-corrected chi connectivity index (χ4v) is 7.27. The Morgan fingerprint density at radius 3 is 2.32 bits per heavy atom. The van der Waals surface area contributed by atoms with E-state index in [1.807, 2.05) is 13.0 Å². The Balaban J connectivity index is 1.34. The molecule has 0 aromatic heterocycles. The molecule has 12 heteroatoms. The standard InChI is InChI=1S/C29H27N3O7S2/c1-19-8-14-26-24(16-19)23-6-4-5-7-28(23)41(36,37)32(26)18-29(33)30-20-9-12-22(13-10-20)40(34,35)31-25-17-21(38-2)11-15-27(25)39-3/h4-17,31H,18H2,1-3H3,(H,30,33). The highest BCUT2D eigenvalue weighted by Gasteiger charge is 2.35. The number of nitrogens with one attached hydrogen (secondary N) is 2. The number of sulfonamides is 2. The number of anilines is 3. The number of aryl methyl sites for hydroxylation is 1. The lowest BCUT2D eigenvalue weighted by Gasteiger charge is -2.31. The molecular weight excluding hydrogens is 566 g/mol. The molecule has 4 aromatic carbocycles. The van der Waals surface area contributed by atoms with E-state index in [0.717, 1.165) is 15.4 Å². The average Bonchev–Trinajstić information content (AvgIpc) is 2.95. The molecule has 0 unspecified atom stereocenters. The minimum absolute atomic E-state index is 0.0557. The molecule has 0 spiro atoms. The number of ether oxygens (including phenoxy) is 2. The van der Waals surface area contributed by atoms with Gasteiger partial charge in [0, 0.05) is 22.9 Å². The number of carbonyl (C=O) groups is 1. The Kier molecular flexibility index (Phi) is 7.37. The maximum absolute atomic E-state index is 13.5. The van der Waals surface area contributed by atoms with Crippen molar-refractivity contribution in [1.82, 2.24) is 0 Å². The van der Waals surface area contributed by atoms with Crippen molar-refractivity contribution < 1.29 is 31.1 Å². The smallest absolute Gasteiger partial charge is 0.265 e. The largest absolute Gasteiger partial charge is 0.497 e. The van der Waals surface area contributed by atoms with E-state index in [0.29, 0.717) is 28.4 Å². The van der Waals surface area contributed by atoms with Crippen molar-refractivity contribution in [3.8, 4) is 22.6 Å². The van der Waals surface area contributed by atoms with Crippen LogP contribution in [0.5, 0.6) is 11.5 Å². The summed E-state index contributed by atoms with van der Waals surface area (Å²) < 4.78 is 67.0. The number of fused-ring (bicyclic) bond motifs is 3. The molecule has 1 aliphatic heterocycles. The number of hydrogen-bond donors (Lipinski definition) is 2. The highest BCUT2D eigenvalue weighted by atomic mass is 32.2. The van der Waals surface area contributed by atoms with Crippen LogP contribution in [-0.4, -0.2) is 43.5 Å². The second kappa shape index (κ2) is 10.8. The normalized spacial score (nSPS) is 13.5. The summed E-state index contributed by atoms with van der Waals surface area (Å²) in [5, 5.41) is 2.66. The molecule has 2 N–H and O–H groups in total.